The Bertz CT molecular complexity index is 1330. The standard InChI is InChI=1S/C15H15N3O2.C10H8ClNO2.CH4/c1-11-4-5-13-12(10-11)14(19)15(18(13)20)16-6-9-17-7-2-3-8-17;1-2-8-10(13)7-5-6(11)3-4-9(7)12(8)14;/h2-5,7-8,10,20H,6,9H2,1H3;3-5H,2H2,1H3;1H4. The molecular weight excluding hydrogens is 468 g/mol. The van der Waals surface area contributed by atoms with E-state index in [0.717, 1.165) is 10.6 Å². The second-order valence-electron chi connectivity index (χ2n) is 7.87. The summed E-state index contributed by atoms with van der Waals surface area (Å²) in [6.07, 6.45) is 4.31. The number of ketones is 2. The van der Waals surface area contributed by atoms with E-state index >= 15 is 0 Å². The molecule has 9 heteroatoms. The lowest BCUT2D eigenvalue weighted by atomic mass is 10.1. The normalized spacial score (nSPS) is 15.1. The molecule has 0 radical (unpaired) electrons. The zero-order chi connectivity index (χ0) is 24.4. The summed E-state index contributed by atoms with van der Waals surface area (Å²) in [5.41, 5.74) is 3.08. The van der Waals surface area contributed by atoms with Gasteiger partial charge in [0.1, 0.15) is 5.56 Å². The zero-order valence-corrected chi connectivity index (χ0v) is 19.5. The van der Waals surface area contributed by atoms with Crippen molar-refractivity contribution in [2.24, 2.45) is 4.99 Å². The van der Waals surface area contributed by atoms with Crippen LogP contribution in [0.2, 0.25) is 5.02 Å². The topological polar surface area (TPSA) is 101 Å². The number of hydrogen-bond acceptors (Lipinski definition) is 5. The van der Waals surface area contributed by atoms with Crippen LogP contribution in [0.5, 0.6) is 0 Å². The molecule has 0 unspecified atom stereocenters. The number of aromatic nitrogens is 1. The van der Waals surface area contributed by atoms with Crippen LogP contribution in [0.1, 0.15) is 47.1 Å². The van der Waals surface area contributed by atoms with E-state index in [9.17, 15) is 20.0 Å². The number of amidine groups is 1. The van der Waals surface area contributed by atoms with Crippen molar-refractivity contribution in [2.75, 3.05) is 11.6 Å². The van der Waals surface area contributed by atoms with Gasteiger partial charge in [-0.3, -0.25) is 19.8 Å². The molecule has 0 bridgehead atoms. The van der Waals surface area contributed by atoms with Crippen molar-refractivity contribution in [3.05, 3.63) is 87.8 Å². The molecule has 1 N–H and O–H groups in total. The third-order valence-electron chi connectivity index (χ3n) is 5.58. The Morgan fingerprint density at radius 2 is 1.77 bits per heavy atom. The molecule has 0 saturated heterocycles. The molecule has 2 aliphatic heterocycles. The van der Waals surface area contributed by atoms with Gasteiger partial charge >= 0.3 is 0 Å². The molecule has 0 aliphatic carbocycles. The van der Waals surface area contributed by atoms with Crippen molar-refractivity contribution in [2.45, 2.75) is 34.2 Å². The molecule has 0 atom stereocenters. The fourth-order valence-electron chi connectivity index (χ4n) is 3.84. The largest absolute Gasteiger partial charge is 0.618 e. The van der Waals surface area contributed by atoms with Gasteiger partial charge in [-0.1, -0.05) is 37.6 Å². The molecule has 5 rings (SSSR count). The number of anilines is 1. The summed E-state index contributed by atoms with van der Waals surface area (Å²) in [6, 6.07) is 14.0. The molecule has 2 aliphatic rings. The number of aliphatic imine (C=N–C) groups is 1. The number of nitrogens with zero attached hydrogens (tertiary/aromatic N) is 4. The minimum absolute atomic E-state index is 0. The molecule has 35 heavy (non-hydrogen) atoms. The maximum absolute atomic E-state index is 12.2. The van der Waals surface area contributed by atoms with Gasteiger partial charge in [-0.05, 0) is 43.3 Å². The fourth-order valence-corrected chi connectivity index (χ4v) is 4.01. The minimum atomic E-state index is -0.223. The maximum atomic E-state index is 12.2. The van der Waals surface area contributed by atoms with Crippen LogP contribution >= 0.6 is 11.6 Å². The fraction of sp³-hybridized carbons (Fsp3) is 0.231. The number of Topliss-reactive ketones (excluding diaryl/α,β-unsaturated/α-hetero) is 2. The number of hydrogen-bond donors (Lipinski definition) is 1. The van der Waals surface area contributed by atoms with Crippen LogP contribution in [0, 0.1) is 12.1 Å². The first-order valence-electron chi connectivity index (χ1n) is 10.8. The average molecular weight is 495 g/mol. The van der Waals surface area contributed by atoms with Gasteiger partial charge < -0.3 is 9.77 Å². The van der Waals surface area contributed by atoms with Gasteiger partial charge in [0.2, 0.25) is 23.0 Å². The van der Waals surface area contributed by atoms with Gasteiger partial charge in [0.05, 0.1) is 17.8 Å². The highest BCUT2D eigenvalue weighted by Crippen LogP contribution is 2.30. The van der Waals surface area contributed by atoms with E-state index < -0.39 is 0 Å². The van der Waals surface area contributed by atoms with Crippen LogP contribution in [0.4, 0.5) is 11.4 Å². The molecule has 182 valence electrons. The Labute approximate surface area is 208 Å². The SMILES string of the molecule is C.CCC1=[N+]([O-])c2ccc(Cl)cc2C1=O.Cc1ccc2c(c1)C(=O)C(=NCCn1cccc1)N2O. The number of hydroxylamine groups is 1. The predicted octanol–water partition coefficient (Wildman–Crippen LogP) is 5.45. The first kappa shape index (κ1) is 25.9. The Kier molecular flexibility index (Phi) is 7.89. The molecule has 3 aromatic rings. The van der Waals surface area contributed by atoms with Crippen molar-refractivity contribution in [3.8, 4) is 0 Å². The number of carbonyl (C=O) groups excluding carboxylic acids is 2. The van der Waals surface area contributed by atoms with Crippen molar-refractivity contribution >= 4 is 46.1 Å². The average Bonchev–Trinajstić information content (AvgIpc) is 3.48. The van der Waals surface area contributed by atoms with Gasteiger partial charge in [-0.15, -0.1) is 0 Å². The quantitative estimate of drug-likeness (QED) is 0.383. The first-order valence-corrected chi connectivity index (χ1v) is 11.2. The second kappa shape index (κ2) is 10.7. The van der Waals surface area contributed by atoms with Crippen molar-refractivity contribution in [1.29, 1.82) is 0 Å². The van der Waals surface area contributed by atoms with E-state index in [1.54, 1.807) is 31.2 Å². The molecule has 0 amide bonds. The van der Waals surface area contributed by atoms with Gasteiger partial charge in [-0.25, -0.2) is 5.06 Å². The van der Waals surface area contributed by atoms with Gasteiger partial charge in [0.25, 0.3) is 5.78 Å². The summed E-state index contributed by atoms with van der Waals surface area (Å²) in [5, 5.41) is 23.0. The molecule has 0 fully saturated rings. The second-order valence-corrected chi connectivity index (χ2v) is 8.31. The summed E-state index contributed by atoms with van der Waals surface area (Å²) < 4.78 is 2.66. The van der Waals surface area contributed by atoms with Crippen LogP contribution < -0.4 is 5.06 Å². The third-order valence-corrected chi connectivity index (χ3v) is 5.81. The minimum Gasteiger partial charge on any atom is -0.618 e. The predicted molar refractivity (Wildman–Crippen MR) is 138 cm³/mol. The monoisotopic (exact) mass is 494 g/mol. The highest BCUT2D eigenvalue weighted by Gasteiger charge is 2.34. The van der Waals surface area contributed by atoms with Gasteiger partial charge in [0, 0.05) is 36.4 Å². The number of fused-ring (bicyclic) bond motifs is 2. The van der Waals surface area contributed by atoms with Crippen LogP contribution in [-0.4, -0.2) is 44.2 Å². The lowest BCUT2D eigenvalue weighted by molar-refractivity contribution is -0.357. The molecule has 1 aromatic heterocycles. The molecule has 0 spiro atoms. The van der Waals surface area contributed by atoms with Crippen molar-refractivity contribution < 1.29 is 19.5 Å². The zero-order valence-electron chi connectivity index (χ0n) is 18.7. The molecular formula is C26H27ClN4O4. The summed E-state index contributed by atoms with van der Waals surface area (Å²) >= 11 is 5.75. The van der Waals surface area contributed by atoms with E-state index in [1.807, 2.05) is 42.1 Å². The van der Waals surface area contributed by atoms with Crippen LogP contribution in [-0.2, 0) is 6.54 Å². The highest BCUT2D eigenvalue weighted by molar-refractivity contribution is 6.53. The number of halogens is 1. The number of aryl methyl sites for hydroxylation is 1. The van der Waals surface area contributed by atoms with Gasteiger partial charge in [0.15, 0.2) is 0 Å². The first-order chi connectivity index (χ1) is 16.3. The Morgan fingerprint density at radius 1 is 1.06 bits per heavy atom. The Balaban J connectivity index is 0.000000202. The lowest BCUT2D eigenvalue weighted by Crippen LogP contribution is -2.27. The van der Waals surface area contributed by atoms with Crippen LogP contribution in [0.3, 0.4) is 0 Å². The van der Waals surface area contributed by atoms with Crippen LogP contribution in [0.15, 0.2) is 65.9 Å². The van der Waals surface area contributed by atoms with E-state index in [4.69, 9.17) is 11.6 Å². The van der Waals surface area contributed by atoms with Crippen molar-refractivity contribution in [1.82, 2.24) is 4.57 Å². The molecule has 2 aromatic carbocycles. The Morgan fingerprint density at radius 3 is 2.46 bits per heavy atom. The smallest absolute Gasteiger partial charge is 0.260 e. The number of carbonyl (C=O) groups is 2. The highest BCUT2D eigenvalue weighted by atomic mass is 35.5. The van der Waals surface area contributed by atoms with E-state index in [0.29, 0.717) is 51.8 Å². The van der Waals surface area contributed by atoms with Crippen LogP contribution in [0.25, 0.3) is 0 Å². The third kappa shape index (κ3) is 5.03. The molecule has 0 saturated carbocycles. The summed E-state index contributed by atoms with van der Waals surface area (Å²) in [7, 11) is 0. The summed E-state index contributed by atoms with van der Waals surface area (Å²) in [4.78, 5) is 28.1. The van der Waals surface area contributed by atoms with Gasteiger partial charge in [-0.2, -0.15) is 4.74 Å². The number of benzene rings is 2. The van der Waals surface area contributed by atoms with E-state index in [2.05, 4.69) is 4.99 Å². The maximum Gasteiger partial charge on any atom is 0.260 e. The number of rotatable bonds is 4. The van der Waals surface area contributed by atoms with Crippen molar-refractivity contribution in [3.63, 3.8) is 0 Å². The Hall–Kier alpha value is -3.75. The lowest BCUT2D eigenvalue weighted by Gasteiger charge is -2.09. The van der Waals surface area contributed by atoms with E-state index in [-0.39, 0.29) is 30.5 Å². The van der Waals surface area contributed by atoms with E-state index in [1.165, 1.54) is 6.07 Å². The molecule has 3 heterocycles. The summed E-state index contributed by atoms with van der Waals surface area (Å²) in [5.74, 6) is -0.337. The molecule has 8 nitrogen and oxygen atoms in total. The summed E-state index contributed by atoms with van der Waals surface area (Å²) in [6.45, 7) is 4.81.